The molecule has 10 heteroatoms. The molecule has 0 atom stereocenters. The summed E-state index contributed by atoms with van der Waals surface area (Å²) in [5.41, 5.74) is 2.46. The lowest BCUT2D eigenvalue weighted by atomic mass is 9.85. The topological polar surface area (TPSA) is 124 Å². The Hall–Kier alpha value is -5.12. The predicted octanol–water partition coefficient (Wildman–Crippen LogP) is 6.17. The van der Waals surface area contributed by atoms with Crippen molar-refractivity contribution in [3.05, 3.63) is 77.9 Å². The number of aliphatic imine (C=N–C) groups is 2. The number of hydrogen-bond donors (Lipinski definition) is 4. The first kappa shape index (κ1) is 28.4. The van der Waals surface area contributed by atoms with Gasteiger partial charge in [-0.1, -0.05) is 45.0 Å². The molecule has 0 saturated heterocycles. The number of benzene rings is 3. The fraction of sp³-hybridized carbons (Fsp3) is 0.250. The number of para-hydroxylation sites is 2. The van der Waals surface area contributed by atoms with Crippen molar-refractivity contribution in [2.45, 2.75) is 20.8 Å². The standard InChI is InChI=1S/C32H35N5O5/c1-32(2,3)28(19-15-16-23-24(17-19)42-18-41-23)35-26-25(30(39)37(31(26)40)20-11-8-7-9-12-20)34-22-14-10-13-21(27(22)38)29(33-4)36(5)6/h7-17,34,38-40H,18H2,1-6H3. The second-order valence-corrected chi connectivity index (χ2v) is 11.1. The van der Waals surface area contributed by atoms with E-state index in [4.69, 9.17) is 14.5 Å². The van der Waals surface area contributed by atoms with E-state index < -0.39 is 5.41 Å². The minimum absolute atomic E-state index is 0.0695. The summed E-state index contributed by atoms with van der Waals surface area (Å²) < 4.78 is 12.4. The number of amidine groups is 1. The summed E-state index contributed by atoms with van der Waals surface area (Å²) in [6, 6.07) is 19.7. The highest BCUT2D eigenvalue weighted by molar-refractivity contribution is 6.07. The molecule has 0 unspecified atom stereocenters. The molecule has 0 aliphatic carbocycles. The fourth-order valence-electron chi connectivity index (χ4n) is 4.92. The summed E-state index contributed by atoms with van der Waals surface area (Å²) in [5.74, 6) is 1.20. The number of phenolic OH excluding ortho intramolecular Hbond substituents is 1. The van der Waals surface area contributed by atoms with Gasteiger partial charge < -0.3 is 35.0 Å². The van der Waals surface area contributed by atoms with Crippen LogP contribution in [0, 0.1) is 5.41 Å². The first-order valence-corrected chi connectivity index (χ1v) is 13.5. The number of rotatable bonds is 6. The van der Waals surface area contributed by atoms with Gasteiger partial charge in [0, 0.05) is 32.1 Å². The molecule has 42 heavy (non-hydrogen) atoms. The largest absolute Gasteiger partial charge is 0.505 e. The molecule has 1 aliphatic rings. The zero-order valence-electron chi connectivity index (χ0n) is 24.5. The van der Waals surface area contributed by atoms with Gasteiger partial charge in [0.1, 0.15) is 17.3 Å². The molecule has 4 aromatic rings. The van der Waals surface area contributed by atoms with Gasteiger partial charge in [-0.05, 0) is 42.5 Å². The smallest absolute Gasteiger partial charge is 0.231 e. The molecule has 0 saturated carbocycles. The van der Waals surface area contributed by atoms with Crippen LogP contribution in [0.15, 0.2) is 76.7 Å². The van der Waals surface area contributed by atoms with Crippen molar-refractivity contribution in [2.24, 2.45) is 15.4 Å². The molecule has 3 aromatic carbocycles. The molecule has 0 spiro atoms. The number of anilines is 2. The fourth-order valence-corrected chi connectivity index (χ4v) is 4.92. The van der Waals surface area contributed by atoms with E-state index in [1.807, 2.05) is 59.1 Å². The third-order valence-corrected chi connectivity index (χ3v) is 6.86. The number of fused-ring (bicyclic) bond motifs is 1. The van der Waals surface area contributed by atoms with Crippen molar-refractivity contribution >= 4 is 28.6 Å². The second-order valence-electron chi connectivity index (χ2n) is 11.1. The molecule has 5 rings (SSSR count). The quantitative estimate of drug-likeness (QED) is 0.124. The van der Waals surface area contributed by atoms with Crippen LogP contribution in [0.3, 0.4) is 0 Å². The Morgan fingerprint density at radius 3 is 2.29 bits per heavy atom. The maximum absolute atomic E-state index is 11.6. The third kappa shape index (κ3) is 5.18. The van der Waals surface area contributed by atoms with Gasteiger partial charge in [-0.15, -0.1) is 0 Å². The minimum atomic E-state index is -0.484. The lowest BCUT2D eigenvalue weighted by Crippen LogP contribution is -2.23. The summed E-state index contributed by atoms with van der Waals surface area (Å²) in [4.78, 5) is 11.1. The van der Waals surface area contributed by atoms with Gasteiger partial charge in [0.25, 0.3) is 0 Å². The zero-order chi connectivity index (χ0) is 30.2. The van der Waals surface area contributed by atoms with Gasteiger partial charge in [0.05, 0.1) is 22.6 Å². The highest BCUT2D eigenvalue weighted by Crippen LogP contribution is 2.50. The zero-order valence-corrected chi connectivity index (χ0v) is 24.5. The van der Waals surface area contributed by atoms with E-state index in [1.54, 1.807) is 54.4 Å². The van der Waals surface area contributed by atoms with Gasteiger partial charge in [-0.3, -0.25) is 4.99 Å². The van der Waals surface area contributed by atoms with Gasteiger partial charge in [-0.25, -0.2) is 9.56 Å². The van der Waals surface area contributed by atoms with Gasteiger partial charge in [-0.2, -0.15) is 0 Å². The van der Waals surface area contributed by atoms with E-state index in [2.05, 4.69) is 10.3 Å². The van der Waals surface area contributed by atoms with E-state index in [0.29, 0.717) is 40.0 Å². The van der Waals surface area contributed by atoms with Crippen LogP contribution >= 0.6 is 0 Å². The number of ether oxygens (including phenoxy) is 2. The maximum atomic E-state index is 11.6. The Morgan fingerprint density at radius 1 is 0.905 bits per heavy atom. The van der Waals surface area contributed by atoms with E-state index in [1.165, 1.54) is 4.57 Å². The number of nitrogens with zero attached hydrogens (tertiary/aromatic N) is 4. The monoisotopic (exact) mass is 569 g/mol. The van der Waals surface area contributed by atoms with Gasteiger partial charge >= 0.3 is 0 Å². The first-order chi connectivity index (χ1) is 20.0. The average Bonchev–Trinajstić information content (AvgIpc) is 3.50. The van der Waals surface area contributed by atoms with E-state index >= 15 is 0 Å². The third-order valence-electron chi connectivity index (χ3n) is 6.86. The molecule has 0 radical (unpaired) electrons. The molecule has 1 aromatic heterocycles. The number of nitrogens with one attached hydrogen (secondary N) is 1. The van der Waals surface area contributed by atoms with Crippen LogP contribution in [0.4, 0.5) is 17.1 Å². The summed E-state index contributed by atoms with van der Waals surface area (Å²) in [7, 11) is 5.32. The van der Waals surface area contributed by atoms with E-state index in [0.717, 1.165) is 5.56 Å². The van der Waals surface area contributed by atoms with Crippen LogP contribution in [0.5, 0.6) is 29.0 Å². The van der Waals surface area contributed by atoms with Crippen LogP contribution in [0.1, 0.15) is 31.9 Å². The molecule has 0 amide bonds. The molecular formula is C32H35N5O5. The first-order valence-electron chi connectivity index (χ1n) is 13.5. The van der Waals surface area contributed by atoms with Crippen molar-refractivity contribution < 1.29 is 24.8 Å². The van der Waals surface area contributed by atoms with E-state index in [-0.39, 0.29) is 35.7 Å². The molecule has 2 heterocycles. The SMILES string of the molecule is CN=C(c1cccc(Nc2c(N=C(c3ccc4c(c3)OCO4)C(C)(C)C)c(O)n(-c3ccccc3)c2O)c1O)N(C)C. The predicted molar refractivity (Wildman–Crippen MR) is 165 cm³/mol. The molecule has 0 fully saturated rings. The average molecular weight is 570 g/mol. The van der Waals surface area contributed by atoms with Crippen molar-refractivity contribution in [3.63, 3.8) is 0 Å². The minimum Gasteiger partial charge on any atom is -0.505 e. The number of aromatic hydroxyl groups is 3. The molecule has 218 valence electrons. The molecule has 0 bridgehead atoms. The Bertz CT molecular complexity index is 1680. The summed E-state index contributed by atoms with van der Waals surface area (Å²) in [5, 5.41) is 37.5. The van der Waals surface area contributed by atoms with Crippen LogP contribution < -0.4 is 14.8 Å². The van der Waals surface area contributed by atoms with Crippen molar-refractivity contribution in [3.8, 4) is 34.7 Å². The van der Waals surface area contributed by atoms with Gasteiger partial charge in [0.15, 0.2) is 17.2 Å². The van der Waals surface area contributed by atoms with Crippen molar-refractivity contribution in [1.82, 2.24) is 9.47 Å². The Balaban J connectivity index is 1.72. The van der Waals surface area contributed by atoms with Crippen LogP contribution in [-0.4, -0.2) is 64.3 Å². The van der Waals surface area contributed by atoms with Gasteiger partial charge in [0.2, 0.25) is 18.6 Å². The van der Waals surface area contributed by atoms with Crippen LogP contribution in [0.2, 0.25) is 0 Å². The highest BCUT2D eigenvalue weighted by atomic mass is 16.7. The summed E-state index contributed by atoms with van der Waals surface area (Å²) >= 11 is 0. The van der Waals surface area contributed by atoms with E-state index in [9.17, 15) is 15.3 Å². The lowest BCUT2D eigenvalue weighted by molar-refractivity contribution is 0.174. The molecule has 10 nitrogen and oxygen atoms in total. The lowest BCUT2D eigenvalue weighted by Gasteiger charge is -2.22. The molecule has 4 N–H and O–H groups in total. The highest BCUT2D eigenvalue weighted by Gasteiger charge is 2.29. The normalized spacial score (nSPS) is 13.4. The Kier molecular flexibility index (Phi) is 7.47. The Labute approximate surface area is 244 Å². The summed E-state index contributed by atoms with van der Waals surface area (Å²) in [6.45, 7) is 6.18. The maximum Gasteiger partial charge on any atom is 0.231 e. The summed E-state index contributed by atoms with van der Waals surface area (Å²) in [6.07, 6.45) is 0. The second kappa shape index (κ2) is 11.0. The molecular weight excluding hydrogens is 534 g/mol. The van der Waals surface area contributed by atoms with Crippen LogP contribution in [-0.2, 0) is 0 Å². The number of hydrogen-bond acceptors (Lipinski definition) is 8. The Morgan fingerprint density at radius 2 is 1.62 bits per heavy atom. The molecule has 1 aliphatic heterocycles. The number of aromatic nitrogens is 1. The van der Waals surface area contributed by atoms with Crippen molar-refractivity contribution in [1.29, 1.82) is 0 Å². The number of phenols is 1. The van der Waals surface area contributed by atoms with Crippen LogP contribution in [0.25, 0.3) is 5.69 Å². The van der Waals surface area contributed by atoms with Crippen molar-refractivity contribution in [2.75, 3.05) is 33.3 Å².